The number of aryl methyl sites for hydroxylation is 1. The molecule has 5 rings (SSSR count). The Morgan fingerprint density at radius 1 is 1.18 bits per heavy atom. The Morgan fingerprint density at radius 2 is 1.92 bits per heavy atom. The van der Waals surface area contributed by atoms with Crippen LogP contribution in [0.2, 0.25) is 0 Å². The van der Waals surface area contributed by atoms with E-state index in [1.807, 2.05) is 44.5 Å². The standard InChI is InChI=1S/C17H12N2O.C10H13N.C7H9.Ir/c1-3-4-5-14(18)12-6-7-13-15(10-12)20-17-16(13)11(2)8-9-19-17;1-2-4-9(3-1)10-5-7-11-8-6-10;1-3-5-7-6-4-2;/h3-5,7-10H,1H2,2H3;5-9H,1-4H2;3-6H,1H2,2H3;/q-2;;-1;+3/b5-4-;;6-4+;/i4D,5D;;;. The topological polar surface area (TPSA) is 61.2 Å². The normalized spacial score (nSPS) is 14.4. The van der Waals surface area contributed by atoms with Gasteiger partial charge in [-0.25, -0.2) is 10.7 Å². The molecule has 5 heteroatoms. The van der Waals surface area contributed by atoms with Gasteiger partial charge in [-0.05, 0) is 55.0 Å². The first kappa shape index (κ1) is 28.4. The van der Waals surface area contributed by atoms with Gasteiger partial charge in [0, 0.05) is 25.3 Å². The van der Waals surface area contributed by atoms with E-state index in [1.54, 1.807) is 30.5 Å². The zero-order valence-electron chi connectivity index (χ0n) is 24.4. The Hall–Kier alpha value is -3.66. The van der Waals surface area contributed by atoms with E-state index in [4.69, 9.17) is 7.16 Å². The number of rotatable bonds is 6. The van der Waals surface area contributed by atoms with Gasteiger partial charge in [0.15, 0.2) is 0 Å². The largest absolute Gasteiger partial charge is 3.00 e. The molecule has 0 unspecified atom stereocenters. The molecule has 0 N–H and O–H groups in total. The van der Waals surface area contributed by atoms with Crippen molar-refractivity contribution >= 4 is 27.8 Å². The van der Waals surface area contributed by atoms with Crippen LogP contribution in [0.3, 0.4) is 0 Å². The van der Waals surface area contributed by atoms with Crippen LogP contribution in [0.4, 0.5) is 0 Å². The molecular formula is C34H34IrN3O. The van der Waals surface area contributed by atoms with Crippen molar-refractivity contribution in [2.24, 2.45) is 0 Å². The number of allylic oxidation sites excluding steroid dienone is 8. The van der Waals surface area contributed by atoms with E-state index in [-0.39, 0.29) is 37.9 Å². The molecule has 0 bridgehead atoms. The first-order valence-electron chi connectivity index (χ1n) is 13.7. The molecule has 3 aromatic heterocycles. The Morgan fingerprint density at radius 3 is 2.59 bits per heavy atom. The first-order chi connectivity index (χ1) is 19.4. The second-order valence-corrected chi connectivity index (χ2v) is 8.69. The summed E-state index contributed by atoms with van der Waals surface area (Å²) in [5, 5.41) is 11.9. The fourth-order valence-corrected chi connectivity index (χ4v) is 4.23. The Bertz CT molecular complexity index is 1550. The number of pyridine rings is 2. The molecule has 1 aliphatic rings. The van der Waals surface area contributed by atoms with Crippen molar-refractivity contribution in [3.63, 3.8) is 0 Å². The average Bonchev–Trinajstić information content (AvgIpc) is 3.66. The van der Waals surface area contributed by atoms with Gasteiger partial charge >= 0.3 is 20.1 Å². The van der Waals surface area contributed by atoms with Gasteiger partial charge in [0.1, 0.15) is 0 Å². The van der Waals surface area contributed by atoms with Gasteiger partial charge in [0.2, 0.25) is 5.71 Å². The molecular weight excluding hydrogens is 659 g/mol. The predicted octanol–water partition coefficient (Wildman–Crippen LogP) is 9.03. The van der Waals surface area contributed by atoms with Crippen molar-refractivity contribution in [1.29, 1.82) is 0 Å². The van der Waals surface area contributed by atoms with Gasteiger partial charge in [0.05, 0.1) is 6.95 Å². The van der Waals surface area contributed by atoms with Gasteiger partial charge in [0.25, 0.3) is 0 Å². The molecule has 4 aromatic rings. The van der Waals surface area contributed by atoms with Crippen LogP contribution in [-0.2, 0) is 20.1 Å². The number of fused-ring (bicyclic) bond motifs is 3. The van der Waals surface area contributed by atoms with Crippen LogP contribution in [0.5, 0.6) is 0 Å². The Labute approximate surface area is 248 Å². The third-order valence-corrected chi connectivity index (χ3v) is 6.07. The van der Waals surface area contributed by atoms with E-state index in [1.165, 1.54) is 37.3 Å². The molecule has 0 aliphatic heterocycles. The molecule has 1 aliphatic carbocycles. The van der Waals surface area contributed by atoms with Crippen molar-refractivity contribution in [3.8, 4) is 0 Å². The number of nitrogens with zero attached hydrogens (tertiary/aromatic N) is 3. The smallest absolute Gasteiger partial charge is 0.855 e. The third-order valence-electron chi connectivity index (χ3n) is 6.07. The van der Waals surface area contributed by atoms with Crippen LogP contribution in [0, 0.1) is 19.1 Å². The maximum absolute atomic E-state index is 10.1. The van der Waals surface area contributed by atoms with Crippen molar-refractivity contribution in [2.75, 3.05) is 0 Å². The summed E-state index contributed by atoms with van der Waals surface area (Å²) in [4.78, 5) is 8.21. The molecule has 0 saturated heterocycles. The fraction of sp³-hybridized carbons (Fsp3) is 0.206. The third kappa shape index (κ3) is 9.24. The Kier molecular flexibility index (Phi) is 12.4. The van der Waals surface area contributed by atoms with Gasteiger partial charge in [-0.1, -0.05) is 43.9 Å². The number of benzene rings is 1. The van der Waals surface area contributed by atoms with Crippen LogP contribution < -0.4 is 0 Å². The molecule has 1 aromatic carbocycles. The van der Waals surface area contributed by atoms with Gasteiger partial charge in [-0.15, -0.1) is 24.3 Å². The summed E-state index contributed by atoms with van der Waals surface area (Å²) in [6.07, 6.45) is 22.3. The van der Waals surface area contributed by atoms with E-state index < -0.39 is 0 Å². The maximum Gasteiger partial charge on any atom is 3.00 e. The first-order valence-corrected chi connectivity index (χ1v) is 12.7. The maximum atomic E-state index is 10.1. The van der Waals surface area contributed by atoms with E-state index in [0.29, 0.717) is 16.9 Å². The quantitative estimate of drug-likeness (QED) is 0.115. The number of hydrogen-bond acceptors (Lipinski definition) is 3. The van der Waals surface area contributed by atoms with Gasteiger partial charge < -0.3 is 9.83 Å². The Balaban J connectivity index is 0.000000258. The predicted molar refractivity (Wildman–Crippen MR) is 160 cm³/mol. The zero-order chi connectivity index (χ0) is 28.9. The minimum absolute atomic E-state index is 0. The minimum Gasteiger partial charge on any atom is -0.855 e. The van der Waals surface area contributed by atoms with Crippen LogP contribution in [0.15, 0.2) is 109 Å². The molecule has 1 saturated carbocycles. The van der Waals surface area contributed by atoms with Crippen LogP contribution in [-0.4, -0.2) is 15.7 Å². The molecule has 0 spiro atoms. The molecule has 0 radical (unpaired) electrons. The fourth-order valence-electron chi connectivity index (χ4n) is 4.23. The summed E-state index contributed by atoms with van der Waals surface area (Å²) in [5.41, 5.74) is 3.55. The number of aromatic nitrogens is 2. The molecule has 3 heterocycles. The summed E-state index contributed by atoms with van der Waals surface area (Å²) in [7, 11) is 0. The minimum atomic E-state index is -0.336. The van der Waals surface area contributed by atoms with Crippen LogP contribution in [0.25, 0.3) is 27.5 Å². The number of furan rings is 1. The molecule has 0 amide bonds. The SMILES string of the molecule is C=CC=[C-]/C=C/C.[2H]/C(C=C)=C(\[2H])C(=[N-])c1[c-]cc2c(c1)oc1nccc(C)c12.[Ir+3].c1cc(C2CCCC2)ccn1. The molecule has 0 atom stereocenters. The molecule has 39 heavy (non-hydrogen) atoms. The van der Waals surface area contributed by atoms with Gasteiger partial charge in [-0.3, -0.25) is 4.98 Å². The molecule has 4 nitrogen and oxygen atoms in total. The average molecular weight is 695 g/mol. The summed E-state index contributed by atoms with van der Waals surface area (Å²) < 4.78 is 21.0. The van der Waals surface area contributed by atoms with Crippen molar-refractivity contribution < 1.29 is 27.3 Å². The second-order valence-electron chi connectivity index (χ2n) is 8.69. The van der Waals surface area contributed by atoms with E-state index in [9.17, 15) is 5.41 Å². The van der Waals surface area contributed by atoms with E-state index in [0.717, 1.165) is 22.3 Å². The van der Waals surface area contributed by atoms with Crippen LogP contribution in [0.1, 0.15) is 58.0 Å². The summed E-state index contributed by atoms with van der Waals surface area (Å²) >= 11 is 0. The summed E-state index contributed by atoms with van der Waals surface area (Å²) in [6, 6.07) is 12.0. The molecule has 1 fully saturated rings. The van der Waals surface area contributed by atoms with Crippen molar-refractivity contribution in [3.05, 3.63) is 139 Å². The zero-order valence-corrected chi connectivity index (χ0v) is 24.8. The van der Waals surface area contributed by atoms with E-state index >= 15 is 0 Å². The van der Waals surface area contributed by atoms with Gasteiger partial charge in [-0.2, -0.15) is 42.5 Å². The van der Waals surface area contributed by atoms with E-state index in [2.05, 4.69) is 47.4 Å². The second kappa shape index (κ2) is 17.0. The monoisotopic (exact) mass is 695 g/mol. The molecule has 200 valence electrons. The summed E-state index contributed by atoms with van der Waals surface area (Å²) in [6.45, 7) is 10.8. The van der Waals surface area contributed by atoms with Crippen molar-refractivity contribution in [2.45, 2.75) is 45.4 Å². The summed E-state index contributed by atoms with van der Waals surface area (Å²) in [5.74, 6) is 0.831. The van der Waals surface area contributed by atoms with Crippen molar-refractivity contribution in [1.82, 2.24) is 9.97 Å². The van der Waals surface area contributed by atoms with Crippen LogP contribution >= 0.6 is 0 Å². The number of hydrogen-bond donors (Lipinski definition) is 0.